The zero-order valence-corrected chi connectivity index (χ0v) is 12.3. The van der Waals surface area contributed by atoms with Crippen molar-refractivity contribution in [3.63, 3.8) is 0 Å². The van der Waals surface area contributed by atoms with Crippen molar-refractivity contribution in [2.24, 2.45) is 0 Å². The summed E-state index contributed by atoms with van der Waals surface area (Å²) in [7, 11) is -3.97. The van der Waals surface area contributed by atoms with Crippen LogP contribution in [0.2, 0.25) is 5.02 Å². The lowest BCUT2D eigenvalue weighted by Gasteiger charge is -2.07. The van der Waals surface area contributed by atoms with Gasteiger partial charge in [0, 0.05) is 5.02 Å². The van der Waals surface area contributed by atoms with Crippen molar-refractivity contribution in [3.05, 3.63) is 64.7 Å². The van der Waals surface area contributed by atoms with Crippen LogP contribution in [0.1, 0.15) is 15.9 Å². The second-order valence-corrected chi connectivity index (χ2v) is 6.16. The Morgan fingerprint density at radius 3 is 2.29 bits per heavy atom. The topological polar surface area (TPSA) is 80.7 Å². The van der Waals surface area contributed by atoms with Gasteiger partial charge in [0.2, 0.25) is 0 Å². The molecule has 0 bridgehead atoms. The number of hydrogen-bond donors (Lipinski definition) is 1. The maximum absolute atomic E-state index is 12.0. The normalized spacial score (nSPS) is 11.3. The van der Waals surface area contributed by atoms with Crippen molar-refractivity contribution < 1.29 is 22.5 Å². The first-order valence-corrected chi connectivity index (χ1v) is 7.65. The highest BCUT2D eigenvalue weighted by Gasteiger charge is 2.16. The van der Waals surface area contributed by atoms with Gasteiger partial charge in [-0.1, -0.05) is 29.8 Å². The highest BCUT2D eigenvalue weighted by molar-refractivity contribution is 7.86. The molecule has 0 atom stereocenters. The largest absolute Gasteiger partial charge is 0.478 e. The van der Waals surface area contributed by atoms with Gasteiger partial charge in [-0.2, -0.15) is 8.42 Å². The number of benzene rings is 2. The van der Waals surface area contributed by atoms with E-state index in [2.05, 4.69) is 0 Å². The highest BCUT2D eigenvalue weighted by atomic mass is 35.5. The second kappa shape index (κ2) is 6.26. The maximum atomic E-state index is 12.0. The smallest absolute Gasteiger partial charge is 0.335 e. The molecule has 5 nitrogen and oxygen atoms in total. The Kier molecular flexibility index (Phi) is 4.62. The first-order chi connectivity index (χ1) is 9.90. The zero-order valence-electron chi connectivity index (χ0n) is 10.7. The number of carbonyl (C=O) groups is 1. The van der Waals surface area contributed by atoms with E-state index in [1.54, 1.807) is 24.3 Å². The molecule has 0 heterocycles. The van der Waals surface area contributed by atoms with E-state index in [0.29, 0.717) is 10.6 Å². The molecular weight excluding hydrogens is 316 g/mol. The fourth-order valence-electron chi connectivity index (χ4n) is 1.59. The SMILES string of the molecule is O=C(O)c1ccc(S(=O)(=O)OCc2ccccc2Cl)cc1. The first kappa shape index (κ1) is 15.5. The molecular formula is C14H11ClO5S. The fraction of sp³-hybridized carbons (Fsp3) is 0.0714. The summed E-state index contributed by atoms with van der Waals surface area (Å²) in [6, 6.07) is 11.5. The zero-order chi connectivity index (χ0) is 15.5. The Morgan fingerprint density at radius 1 is 1.10 bits per heavy atom. The Bertz CT molecular complexity index is 753. The van der Waals surface area contributed by atoms with Gasteiger partial charge in [-0.3, -0.25) is 4.18 Å². The molecule has 0 amide bonds. The van der Waals surface area contributed by atoms with Crippen molar-refractivity contribution in [2.75, 3.05) is 0 Å². The van der Waals surface area contributed by atoms with Gasteiger partial charge in [0.05, 0.1) is 17.1 Å². The molecule has 0 radical (unpaired) electrons. The van der Waals surface area contributed by atoms with E-state index in [4.69, 9.17) is 20.9 Å². The molecule has 0 aliphatic carbocycles. The van der Waals surface area contributed by atoms with Crippen molar-refractivity contribution in [3.8, 4) is 0 Å². The van der Waals surface area contributed by atoms with E-state index in [1.807, 2.05) is 0 Å². The Morgan fingerprint density at radius 2 is 1.71 bits per heavy atom. The second-order valence-electron chi connectivity index (χ2n) is 4.14. The Labute approximate surface area is 126 Å². The molecule has 2 rings (SSSR count). The average Bonchev–Trinajstić information content (AvgIpc) is 2.46. The van der Waals surface area contributed by atoms with Gasteiger partial charge < -0.3 is 5.11 Å². The molecule has 0 aliphatic heterocycles. The summed E-state index contributed by atoms with van der Waals surface area (Å²) >= 11 is 5.91. The van der Waals surface area contributed by atoms with Gasteiger partial charge in [-0.15, -0.1) is 0 Å². The van der Waals surface area contributed by atoms with Crippen LogP contribution in [-0.2, 0) is 20.9 Å². The van der Waals surface area contributed by atoms with E-state index < -0.39 is 16.1 Å². The van der Waals surface area contributed by atoms with Crippen LogP contribution < -0.4 is 0 Å². The first-order valence-electron chi connectivity index (χ1n) is 5.86. The van der Waals surface area contributed by atoms with Crippen molar-refractivity contribution in [1.29, 1.82) is 0 Å². The molecule has 0 saturated heterocycles. The van der Waals surface area contributed by atoms with Gasteiger partial charge in [0.15, 0.2) is 0 Å². The van der Waals surface area contributed by atoms with E-state index in [1.165, 1.54) is 24.3 Å². The van der Waals surface area contributed by atoms with E-state index in [0.717, 1.165) is 0 Å². The molecule has 0 fully saturated rings. The van der Waals surface area contributed by atoms with Crippen LogP contribution in [0.4, 0.5) is 0 Å². The highest BCUT2D eigenvalue weighted by Crippen LogP contribution is 2.19. The molecule has 2 aromatic carbocycles. The molecule has 7 heteroatoms. The van der Waals surface area contributed by atoms with Gasteiger partial charge >= 0.3 is 5.97 Å². The lowest BCUT2D eigenvalue weighted by molar-refractivity contribution is 0.0696. The molecule has 0 spiro atoms. The summed E-state index contributed by atoms with van der Waals surface area (Å²) in [5.74, 6) is -1.13. The number of halogens is 1. The molecule has 1 N–H and O–H groups in total. The van der Waals surface area contributed by atoms with Crippen LogP contribution in [0.15, 0.2) is 53.4 Å². The maximum Gasteiger partial charge on any atom is 0.335 e. The molecule has 0 unspecified atom stereocenters. The summed E-state index contributed by atoms with van der Waals surface area (Å²) in [6.45, 7) is -0.192. The van der Waals surface area contributed by atoms with Crippen LogP contribution in [0, 0.1) is 0 Å². The van der Waals surface area contributed by atoms with E-state index in [-0.39, 0.29) is 17.1 Å². The number of carboxylic acids is 1. The van der Waals surface area contributed by atoms with Crippen LogP contribution in [0.25, 0.3) is 0 Å². The summed E-state index contributed by atoms with van der Waals surface area (Å²) in [4.78, 5) is 10.6. The number of hydrogen-bond acceptors (Lipinski definition) is 4. The van der Waals surface area contributed by atoms with Crippen LogP contribution in [0.3, 0.4) is 0 Å². The minimum absolute atomic E-state index is 0.0000498. The van der Waals surface area contributed by atoms with E-state index >= 15 is 0 Å². The standard InChI is InChI=1S/C14H11ClO5S/c15-13-4-2-1-3-11(13)9-20-21(18,19)12-7-5-10(6-8-12)14(16)17/h1-8H,9H2,(H,16,17). The third-order valence-electron chi connectivity index (χ3n) is 2.72. The quantitative estimate of drug-likeness (QED) is 0.854. The van der Waals surface area contributed by atoms with Crippen LogP contribution in [-0.4, -0.2) is 19.5 Å². The average molecular weight is 327 g/mol. The number of rotatable bonds is 5. The fourth-order valence-corrected chi connectivity index (χ4v) is 2.67. The third-order valence-corrected chi connectivity index (χ3v) is 4.36. The minimum Gasteiger partial charge on any atom is -0.478 e. The molecule has 21 heavy (non-hydrogen) atoms. The van der Waals surface area contributed by atoms with Gasteiger partial charge in [-0.05, 0) is 35.9 Å². The lowest BCUT2D eigenvalue weighted by atomic mass is 10.2. The van der Waals surface area contributed by atoms with Gasteiger partial charge in [-0.25, -0.2) is 4.79 Å². The van der Waals surface area contributed by atoms with Crippen LogP contribution >= 0.6 is 11.6 Å². The molecule has 0 saturated carbocycles. The van der Waals surface area contributed by atoms with Crippen molar-refractivity contribution in [1.82, 2.24) is 0 Å². The van der Waals surface area contributed by atoms with Gasteiger partial charge in [0.1, 0.15) is 0 Å². The predicted molar refractivity (Wildman–Crippen MR) is 76.8 cm³/mol. The summed E-state index contributed by atoms with van der Waals surface area (Å²) in [5.41, 5.74) is 0.546. The molecule has 110 valence electrons. The molecule has 0 aromatic heterocycles. The minimum atomic E-state index is -3.97. The van der Waals surface area contributed by atoms with Crippen molar-refractivity contribution in [2.45, 2.75) is 11.5 Å². The third kappa shape index (κ3) is 3.81. The number of aromatic carboxylic acids is 1. The molecule has 2 aromatic rings. The molecule has 0 aliphatic rings. The Hall–Kier alpha value is -1.89. The van der Waals surface area contributed by atoms with Crippen LogP contribution in [0.5, 0.6) is 0 Å². The summed E-state index contributed by atoms with van der Waals surface area (Å²) < 4.78 is 28.9. The summed E-state index contributed by atoms with van der Waals surface area (Å²) in [6.07, 6.45) is 0. The van der Waals surface area contributed by atoms with Gasteiger partial charge in [0.25, 0.3) is 10.1 Å². The van der Waals surface area contributed by atoms with Crippen molar-refractivity contribution >= 4 is 27.7 Å². The monoisotopic (exact) mass is 326 g/mol. The summed E-state index contributed by atoms with van der Waals surface area (Å²) in [5, 5.41) is 9.18. The predicted octanol–water partition coefficient (Wildman–Crippen LogP) is 2.94. The number of carboxylic acid groups (broad SMARTS) is 1. The lowest BCUT2D eigenvalue weighted by Crippen LogP contribution is -2.07. The van der Waals surface area contributed by atoms with E-state index in [9.17, 15) is 13.2 Å². The Balaban J connectivity index is 2.15.